The summed E-state index contributed by atoms with van der Waals surface area (Å²) in [6, 6.07) is 11.3. The number of allylic oxidation sites excluding steroid dienone is 1. The number of fused-ring (bicyclic) bond motifs is 1. The topological polar surface area (TPSA) is 27.7 Å². The second-order valence-electron chi connectivity index (χ2n) is 8.05. The van der Waals surface area contributed by atoms with Crippen molar-refractivity contribution < 1.29 is 9.13 Å². The molecule has 2 heterocycles. The third-order valence-corrected chi connectivity index (χ3v) is 5.78. The van der Waals surface area contributed by atoms with Gasteiger partial charge in [0.2, 0.25) is 0 Å². The van der Waals surface area contributed by atoms with Crippen molar-refractivity contribution >= 4 is 11.3 Å². The molecule has 1 fully saturated rings. The number of benzene rings is 2. The Morgan fingerprint density at radius 2 is 1.97 bits per heavy atom. The third kappa shape index (κ3) is 4.46. The van der Waals surface area contributed by atoms with E-state index in [9.17, 15) is 4.39 Å². The minimum atomic E-state index is -0.196. The van der Waals surface area contributed by atoms with Crippen molar-refractivity contribution in [2.75, 3.05) is 45.1 Å². The van der Waals surface area contributed by atoms with Crippen LogP contribution in [0.4, 0.5) is 10.1 Å². The molecular weight excluding hydrogens is 365 g/mol. The highest BCUT2D eigenvalue weighted by Crippen LogP contribution is 2.37. The maximum Gasteiger partial charge on any atom is 0.182 e. The Kier molecular flexibility index (Phi) is 5.88. The molecule has 29 heavy (non-hydrogen) atoms. The average molecular weight is 396 g/mol. The van der Waals surface area contributed by atoms with Crippen molar-refractivity contribution in [3.63, 3.8) is 0 Å². The van der Waals surface area contributed by atoms with Gasteiger partial charge in [-0.2, -0.15) is 0 Å². The minimum Gasteiger partial charge on any atom is -0.467 e. The highest BCUT2D eigenvalue weighted by atomic mass is 19.1. The van der Waals surface area contributed by atoms with Crippen LogP contribution < -0.4 is 10.1 Å². The molecule has 2 aliphatic rings. The van der Waals surface area contributed by atoms with Gasteiger partial charge in [-0.3, -0.25) is 4.90 Å². The van der Waals surface area contributed by atoms with E-state index >= 15 is 0 Å². The van der Waals surface area contributed by atoms with Gasteiger partial charge >= 0.3 is 0 Å². The second-order valence-corrected chi connectivity index (χ2v) is 8.05. The molecule has 2 aliphatic heterocycles. The molecule has 5 heteroatoms. The Hall–Kier alpha value is -2.37. The Morgan fingerprint density at radius 1 is 1.17 bits per heavy atom. The first kappa shape index (κ1) is 19.9. The van der Waals surface area contributed by atoms with Crippen LogP contribution in [0.1, 0.15) is 30.0 Å². The first-order valence-corrected chi connectivity index (χ1v) is 10.5. The predicted octanol–water partition coefficient (Wildman–Crippen LogP) is 4.35. The Bertz CT molecular complexity index is 903. The second kappa shape index (κ2) is 8.56. The fourth-order valence-electron chi connectivity index (χ4n) is 4.13. The van der Waals surface area contributed by atoms with E-state index in [1.165, 1.54) is 6.07 Å². The van der Waals surface area contributed by atoms with Crippen LogP contribution in [0.25, 0.3) is 5.57 Å². The number of rotatable bonds is 5. The zero-order valence-corrected chi connectivity index (χ0v) is 17.5. The van der Waals surface area contributed by atoms with Crippen LogP contribution in [-0.2, 0) is 0 Å². The Morgan fingerprint density at radius 3 is 2.69 bits per heavy atom. The molecule has 2 aromatic carbocycles. The molecule has 0 saturated carbocycles. The molecular formula is C24H30FN3O. The van der Waals surface area contributed by atoms with E-state index in [-0.39, 0.29) is 12.0 Å². The molecule has 0 bridgehead atoms. The lowest BCUT2D eigenvalue weighted by molar-refractivity contribution is 0.111. The first-order valence-electron chi connectivity index (χ1n) is 10.5. The van der Waals surface area contributed by atoms with E-state index in [4.69, 9.17) is 4.74 Å². The van der Waals surface area contributed by atoms with Gasteiger partial charge in [-0.1, -0.05) is 25.1 Å². The van der Waals surface area contributed by atoms with Crippen LogP contribution in [0.15, 0.2) is 42.5 Å². The summed E-state index contributed by atoms with van der Waals surface area (Å²) in [6.45, 7) is 9.33. The molecule has 1 saturated heterocycles. The molecule has 2 aromatic rings. The van der Waals surface area contributed by atoms with Crippen LogP contribution in [0, 0.1) is 12.7 Å². The number of halogens is 1. The van der Waals surface area contributed by atoms with E-state index in [1.54, 1.807) is 6.07 Å². The van der Waals surface area contributed by atoms with Crippen molar-refractivity contribution in [1.29, 1.82) is 0 Å². The fourth-order valence-corrected chi connectivity index (χ4v) is 4.13. The van der Waals surface area contributed by atoms with Crippen LogP contribution >= 0.6 is 0 Å². The van der Waals surface area contributed by atoms with Gasteiger partial charge < -0.3 is 15.0 Å². The lowest BCUT2D eigenvalue weighted by atomic mass is 9.93. The Labute approximate surface area is 173 Å². The number of nitrogens with one attached hydrogen (secondary N) is 1. The van der Waals surface area contributed by atoms with Crippen LogP contribution in [0.3, 0.4) is 0 Å². The zero-order valence-electron chi connectivity index (χ0n) is 17.5. The normalized spacial score (nSPS) is 20.3. The number of likely N-dealkylation sites (N-methyl/N-ethyl adjacent to an activating group) is 1. The quantitative estimate of drug-likeness (QED) is 0.814. The van der Waals surface area contributed by atoms with Crippen molar-refractivity contribution in [2.24, 2.45) is 0 Å². The molecule has 0 aliphatic carbocycles. The molecule has 0 spiro atoms. The number of aryl methyl sites for hydroxylation is 1. The van der Waals surface area contributed by atoms with Gasteiger partial charge in [0.1, 0.15) is 11.6 Å². The lowest BCUT2D eigenvalue weighted by Crippen LogP contribution is -2.48. The molecule has 0 aromatic heterocycles. The molecule has 154 valence electrons. The van der Waals surface area contributed by atoms with Crippen LogP contribution in [0.2, 0.25) is 0 Å². The van der Waals surface area contributed by atoms with Crippen LogP contribution in [-0.4, -0.2) is 55.8 Å². The van der Waals surface area contributed by atoms with E-state index in [0.717, 1.165) is 72.8 Å². The summed E-state index contributed by atoms with van der Waals surface area (Å²) in [4.78, 5) is 4.81. The zero-order chi connectivity index (χ0) is 20.4. The number of hydrogen-bond donors (Lipinski definition) is 1. The van der Waals surface area contributed by atoms with Gasteiger partial charge in [0.05, 0.1) is 12.2 Å². The number of piperazine rings is 1. The highest BCUT2D eigenvalue weighted by molar-refractivity contribution is 5.83. The van der Waals surface area contributed by atoms with Gasteiger partial charge in [0.15, 0.2) is 6.23 Å². The van der Waals surface area contributed by atoms with E-state index in [0.29, 0.717) is 0 Å². The molecule has 1 atom stereocenters. The molecule has 0 amide bonds. The SMILES string of the molecule is CC/C=C(/c1ccc2c(c1)NC(CN1CCN(C)CC1)O2)c1ccc(F)cc1C. The average Bonchev–Trinajstić information content (AvgIpc) is 3.10. The predicted molar refractivity (Wildman–Crippen MR) is 117 cm³/mol. The van der Waals surface area contributed by atoms with Crippen molar-refractivity contribution in [2.45, 2.75) is 26.5 Å². The lowest BCUT2D eigenvalue weighted by Gasteiger charge is -2.33. The molecule has 4 rings (SSSR count). The monoisotopic (exact) mass is 395 g/mol. The largest absolute Gasteiger partial charge is 0.467 e. The molecule has 4 nitrogen and oxygen atoms in total. The summed E-state index contributed by atoms with van der Waals surface area (Å²) in [6.07, 6.45) is 3.11. The first-order chi connectivity index (χ1) is 14.0. The molecule has 1 unspecified atom stereocenters. The molecule has 0 radical (unpaired) electrons. The third-order valence-electron chi connectivity index (χ3n) is 5.78. The van der Waals surface area contributed by atoms with Gasteiger partial charge in [-0.15, -0.1) is 0 Å². The van der Waals surface area contributed by atoms with Crippen molar-refractivity contribution in [3.8, 4) is 5.75 Å². The van der Waals surface area contributed by atoms with E-state index < -0.39 is 0 Å². The number of ether oxygens (including phenoxy) is 1. The van der Waals surface area contributed by atoms with Gasteiger partial charge in [-0.05, 0) is 66.9 Å². The van der Waals surface area contributed by atoms with Crippen molar-refractivity contribution in [3.05, 3.63) is 65.0 Å². The van der Waals surface area contributed by atoms with Crippen LogP contribution in [0.5, 0.6) is 5.75 Å². The van der Waals surface area contributed by atoms with E-state index in [1.807, 2.05) is 19.1 Å². The van der Waals surface area contributed by atoms with Gasteiger partial charge in [0.25, 0.3) is 0 Å². The number of hydrogen-bond acceptors (Lipinski definition) is 4. The number of nitrogens with zero attached hydrogens (tertiary/aromatic N) is 2. The smallest absolute Gasteiger partial charge is 0.182 e. The minimum absolute atomic E-state index is 0.0187. The standard InChI is InChI=1S/C24H30FN3O/c1-4-5-21(20-8-7-19(25)14-17(20)2)18-6-9-23-22(15-18)26-24(29-23)16-28-12-10-27(3)11-13-28/h5-9,14-15,24,26H,4,10-13,16H2,1-3H3/b21-5-. The fraction of sp³-hybridized carbons (Fsp3) is 0.417. The summed E-state index contributed by atoms with van der Waals surface area (Å²) in [7, 11) is 2.17. The van der Waals surface area contributed by atoms with E-state index in [2.05, 4.69) is 47.3 Å². The molecule has 1 N–H and O–H groups in total. The maximum absolute atomic E-state index is 13.6. The summed E-state index contributed by atoms with van der Waals surface area (Å²) < 4.78 is 19.7. The highest BCUT2D eigenvalue weighted by Gasteiger charge is 2.26. The summed E-state index contributed by atoms with van der Waals surface area (Å²) in [5, 5.41) is 3.54. The van der Waals surface area contributed by atoms with Crippen molar-refractivity contribution in [1.82, 2.24) is 9.80 Å². The Balaban J connectivity index is 1.52. The number of anilines is 1. The maximum atomic E-state index is 13.6. The van der Waals surface area contributed by atoms with Gasteiger partial charge in [-0.25, -0.2) is 4.39 Å². The van der Waals surface area contributed by atoms with Gasteiger partial charge in [0, 0.05) is 26.2 Å². The summed E-state index contributed by atoms with van der Waals surface area (Å²) in [5.74, 6) is 0.706. The summed E-state index contributed by atoms with van der Waals surface area (Å²) >= 11 is 0. The summed E-state index contributed by atoms with van der Waals surface area (Å²) in [5.41, 5.74) is 5.31.